The van der Waals surface area contributed by atoms with Crippen LogP contribution in [0, 0.1) is 12.7 Å². The minimum atomic E-state index is -0.209. The zero-order valence-corrected chi connectivity index (χ0v) is 14.5. The average Bonchev–Trinajstić information content (AvgIpc) is 2.64. The molecule has 0 amide bonds. The molecule has 0 spiro atoms. The van der Waals surface area contributed by atoms with E-state index in [4.69, 9.17) is 0 Å². The number of hydrogen-bond acceptors (Lipinski definition) is 3. The number of nitrogens with zero attached hydrogens (tertiary/aromatic N) is 2. The lowest BCUT2D eigenvalue weighted by Crippen LogP contribution is -2.20. The van der Waals surface area contributed by atoms with E-state index in [9.17, 15) is 4.39 Å². The summed E-state index contributed by atoms with van der Waals surface area (Å²) in [6.45, 7) is 4.84. The zero-order chi connectivity index (χ0) is 17.6. The van der Waals surface area contributed by atoms with Gasteiger partial charge >= 0.3 is 0 Å². The van der Waals surface area contributed by atoms with Gasteiger partial charge in [-0.1, -0.05) is 42.8 Å². The summed E-state index contributed by atoms with van der Waals surface area (Å²) >= 11 is 0. The fourth-order valence-electron chi connectivity index (χ4n) is 2.81. The Morgan fingerprint density at radius 2 is 1.76 bits per heavy atom. The van der Waals surface area contributed by atoms with Crippen LogP contribution in [0.4, 0.5) is 4.39 Å². The second-order valence-electron chi connectivity index (χ2n) is 6.18. The molecule has 0 saturated heterocycles. The molecule has 0 aliphatic carbocycles. The van der Waals surface area contributed by atoms with Gasteiger partial charge in [0.15, 0.2) is 5.82 Å². The highest BCUT2D eigenvalue weighted by molar-refractivity contribution is 5.55. The monoisotopic (exact) mass is 335 g/mol. The summed E-state index contributed by atoms with van der Waals surface area (Å²) < 4.78 is 13.1. The number of aromatic nitrogens is 2. The lowest BCUT2D eigenvalue weighted by atomic mass is 10.0. The van der Waals surface area contributed by atoms with E-state index in [1.54, 1.807) is 0 Å². The molecule has 0 aliphatic rings. The highest BCUT2D eigenvalue weighted by Gasteiger charge is 2.09. The summed E-state index contributed by atoms with van der Waals surface area (Å²) in [5, 5.41) is 3.49. The Balaban J connectivity index is 1.65. The third-order valence-electron chi connectivity index (χ3n) is 4.21. The van der Waals surface area contributed by atoms with Crippen LogP contribution in [0.1, 0.15) is 36.1 Å². The summed E-state index contributed by atoms with van der Waals surface area (Å²) in [5.41, 5.74) is 4.33. The minimum absolute atomic E-state index is 0.178. The molecule has 3 rings (SSSR count). The molecule has 4 heteroatoms. The molecule has 0 bridgehead atoms. The lowest BCUT2D eigenvalue weighted by molar-refractivity contribution is 0.516. The van der Waals surface area contributed by atoms with Crippen molar-refractivity contribution in [1.82, 2.24) is 15.3 Å². The molecule has 3 aromatic rings. The maximum absolute atomic E-state index is 13.1. The first-order valence-corrected chi connectivity index (χ1v) is 8.52. The minimum Gasteiger partial charge on any atom is -0.306 e. The normalized spacial score (nSPS) is 12.1. The number of aryl methyl sites for hydroxylation is 1. The summed E-state index contributed by atoms with van der Waals surface area (Å²) in [5.74, 6) is 0.525. The Bertz CT molecular complexity index is 813. The molecule has 0 radical (unpaired) electrons. The molecule has 1 unspecified atom stereocenters. The van der Waals surface area contributed by atoms with E-state index in [0.29, 0.717) is 6.54 Å². The van der Waals surface area contributed by atoms with Gasteiger partial charge in [-0.25, -0.2) is 14.4 Å². The summed E-state index contributed by atoms with van der Waals surface area (Å²) in [6.07, 6.45) is 4.64. The van der Waals surface area contributed by atoms with E-state index >= 15 is 0 Å². The van der Waals surface area contributed by atoms with Gasteiger partial charge in [0.05, 0.1) is 0 Å². The van der Waals surface area contributed by atoms with Crippen molar-refractivity contribution in [1.29, 1.82) is 0 Å². The smallest absolute Gasteiger partial charge is 0.159 e. The van der Waals surface area contributed by atoms with Gasteiger partial charge in [0.25, 0.3) is 0 Å². The van der Waals surface area contributed by atoms with Gasteiger partial charge in [-0.05, 0) is 37.1 Å². The number of nitrogens with one attached hydrogen (secondary N) is 1. The van der Waals surface area contributed by atoms with Gasteiger partial charge < -0.3 is 5.32 Å². The van der Waals surface area contributed by atoms with Gasteiger partial charge in [-0.15, -0.1) is 0 Å². The SMILES string of the molecule is CCC(NCc1cnc(-c2cccc(C)c2)nc1)c1ccc(F)cc1. The number of rotatable bonds is 6. The van der Waals surface area contributed by atoms with Crippen molar-refractivity contribution < 1.29 is 4.39 Å². The van der Waals surface area contributed by atoms with Crippen LogP contribution < -0.4 is 5.32 Å². The van der Waals surface area contributed by atoms with Crippen molar-refractivity contribution in [3.05, 3.63) is 83.4 Å². The molecule has 1 N–H and O–H groups in total. The van der Waals surface area contributed by atoms with Gasteiger partial charge in [-0.2, -0.15) is 0 Å². The predicted molar refractivity (Wildman–Crippen MR) is 98.5 cm³/mol. The van der Waals surface area contributed by atoms with Gasteiger partial charge in [0.2, 0.25) is 0 Å². The van der Waals surface area contributed by atoms with Crippen molar-refractivity contribution >= 4 is 0 Å². The van der Waals surface area contributed by atoms with E-state index in [2.05, 4.69) is 41.3 Å². The molecule has 1 atom stereocenters. The molecule has 2 aromatic carbocycles. The summed E-state index contributed by atoms with van der Waals surface area (Å²) in [4.78, 5) is 8.95. The van der Waals surface area contributed by atoms with E-state index in [0.717, 1.165) is 28.9 Å². The van der Waals surface area contributed by atoms with E-state index in [1.165, 1.54) is 17.7 Å². The fourth-order valence-corrected chi connectivity index (χ4v) is 2.81. The second-order valence-corrected chi connectivity index (χ2v) is 6.18. The molecular weight excluding hydrogens is 313 g/mol. The predicted octanol–water partition coefficient (Wildman–Crippen LogP) is 4.83. The first-order chi connectivity index (χ1) is 12.2. The quantitative estimate of drug-likeness (QED) is 0.701. The number of hydrogen-bond donors (Lipinski definition) is 1. The Morgan fingerprint density at radius 3 is 2.40 bits per heavy atom. The van der Waals surface area contributed by atoms with E-state index in [-0.39, 0.29) is 11.9 Å². The van der Waals surface area contributed by atoms with Crippen LogP contribution in [0.3, 0.4) is 0 Å². The lowest BCUT2D eigenvalue weighted by Gasteiger charge is -2.17. The molecule has 0 saturated carbocycles. The fraction of sp³-hybridized carbons (Fsp3) is 0.238. The van der Waals surface area contributed by atoms with Crippen molar-refractivity contribution in [2.45, 2.75) is 32.9 Å². The molecular formula is C21H22FN3. The molecule has 3 nitrogen and oxygen atoms in total. The van der Waals surface area contributed by atoms with Crippen LogP contribution in [-0.4, -0.2) is 9.97 Å². The van der Waals surface area contributed by atoms with Crippen LogP contribution >= 0.6 is 0 Å². The van der Waals surface area contributed by atoms with Crippen molar-refractivity contribution in [3.8, 4) is 11.4 Å². The standard InChI is InChI=1S/C21H22FN3/c1-3-20(17-7-9-19(22)10-8-17)23-12-16-13-24-21(25-14-16)18-6-4-5-15(2)11-18/h4-11,13-14,20,23H,3,12H2,1-2H3. The van der Waals surface area contributed by atoms with Crippen LogP contribution in [-0.2, 0) is 6.54 Å². The second kappa shape index (κ2) is 7.99. The third kappa shape index (κ3) is 4.48. The van der Waals surface area contributed by atoms with Crippen LogP contribution in [0.25, 0.3) is 11.4 Å². The first kappa shape index (κ1) is 17.2. The largest absolute Gasteiger partial charge is 0.306 e. The van der Waals surface area contributed by atoms with Gasteiger partial charge in [-0.3, -0.25) is 0 Å². The van der Waals surface area contributed by atoms with E-state index < -0.39 is 0 Å². The number of benzene rings is 2. The highest BCUT2D eigenvalue weighted by atomic mass is 19.1. The van der Waals surface area contributed by atoms with Crippen molar-refractivity contribution in [2.24, 2.45) is 0 Å². The topological polar surface area (TPSA) is 37.8 Å². The Kier molecular flexibility index (Phi) is 5.51. The molecule has 128 valence electrons. The molecule has 25 heavy (non-hydrogen) atoms. The molecule has 1 heterocycles. The number of halogens is 1. The molecule has 1 aromatic heterocycles. The Hall–Kier alpha value is -2.59. The summed E-state index contributed by atoms with van der Waals surface area (Å²) in [7, 11) is 0. The maximum atomic E-state index is 13.1. The summed E-state index contributed by atoms with van der Waals surface area (Å²) in [6, 6.07) is 15.0. The van der Waals surface area contributed by atoms with Crippen LogP contribution in [0.5, 0.6) is 0 Å². The Labute approximate surface area is 148 Å². The molecule has 0 aliphatic heterocycles. The van der Waals surface area contributed by atoms with Crippen molar-refractivity contribution in [3.63, 3.8) is 0 Å². The maximum Gasteiger partial charge on any atom is 0.159 e. The average molecular weight is 335 g/mol. The third-order valence-corrected chi connectivity index (χ3v) is 4.21. The van der Waals surface area contributed by atoms with Crippen molar-refractivity contribution in [2.75, 3.05) is 0 Å². The van der Waals surface area contributed by atoms with Crippen LogP contribution in [0.2, 0.25) is 0 Å². The zero-order valence-electron chi connectivity index (χ0n) is 14.5. The molecule has 0 fully saturated rings. The highest BCUT2D eigenvalue weighted by Crippen LogP contribution is 2.18. The first-order valence-electron chi connectivity index (χ1n) is 8.52. The van der Waals surface area contributed by atoms with Crippen LogP contribution in [0.15, 0.2) is 60.9 Å². The Morgan fingerprint density at radius 1 is 1.04 bits per heavy atom. The van der Waals surface area contributed by atoms with Gasteiger partial charge in [0.1, 0.15) is 5.82 Å². The van der Waals surface area contributed by atoms with Gasteiger partial charge in [0, 0.05) is 36.1 Å². The van der Waals surface area contributed by atoms with E-state index in [1.807, 2.05) is 36.7 Å².